The van der Waals surface area contributed by atoms with Crippen molar-refractivity contribution in [2.24, 2.45) is 0 Å². The highest BCUT2D eigenvalue weighted by Crippen LogP contribution is 2.27. The van der Waals surface area contributed by atoms with Crippen LogP contribution in [0.25, 0.3) is 22.6 Å². The summed E-state index contributed by atoms with van der Waals surface area (Å²) in [5, 5.41) is 8.56. The van der Waals surface area contributed by atoms with Gasteiger partial charge in [-0.15, -0.1) is 10.2 Å². The maximum Gasteiger partial charge on any atom is 0.244 e. The molecule has 0 bridgehead atoms. The van der Waals surface area contributed by atoms with Crippen molar-refractivity contribution in [3.8, 4) is 28.5 Å². The number of hydrogen-bond acceptors (Lipinski definition) is 4. The maximum absolute atomic E-state index is 5.65. The molecule has 0 amide bonds. The van der Waals surface area contributed by atoms with Crippen LogP contribution >= 0.6 is 15.9 Å². The van der Waals surface area contributed by atoms with Gasteiger partial charge in [-0.1, -0.05) is 58.4 Å². The predicted octanol–water partition coefficient (Wildman–Crippen LogP) is 4.37. The van der Waals surface area contributed by atoms with Crippen LogP contribution in [0.15, 0.2) is 59.1 Å². The van der Waals surface area contributed by atoms with Gasteiger partial charge in [-0.05, 0) is 19.1 Å². The van der Waals surface area contributed by atoms with Gasteiger partial charge in [0.05, 0.1) is 6.61 Å². The van der Waals surface area contributed by atoms with Gasteiger partial charge < -0.3 is 4.74 Å². The number of ether oxygens (including phenoxy) is 1. The van der Waals surface area contributed by atoms with E-state index in [2.05, 4.69) is 31.1 Å². The van der Waals surface area contributed by atoms with Crippen molar-refractivity contribution in [3.63, 3.8) is 0 Å². The van der Waals surface area contributed by atoms with Gasteiger partial charge in [-0.3, -0.25) is 0 Å². The first-order valence-electron chi connectivity index (χ1n) is 6.97. The molecule has 110 valence electrons. The van der Waals surface area contributed by atoms with Crippen LogP contribution in [-0.2, 0) is 0 Å². The van der Waals surface area contributed by atoms with E-state index in [1.165, 1.54) is 0 Å². The van der Waals surface area contributed by atoms with Crippen molar-refractivity contribution in [2.45, 2.75) is 6.92 Å². The van der Waals surface area contributed by atoms with Crippen molar-refractivity contribution in [1.82, 2.24) is 15.2 Å². The Bertz CT molecular complexity index is 761. The Balaban J connectivity index is 2.05. The zero-order chi connectivity index (χ0) is 15.4. The molecule has 0 aliphatic rings. The minimum Gasteiger partial charge on any atom is -0.476 e. The molecule has 1 heterocycles. The van der Waals surface area contributed by atoms with Gasteiger partial charge >= 0.3 is 0 Å². The molecule has 3 aromatic rings. The third-order valence-electron chi connectivity index (χ3n) is 3.09. The number of nitrogens with zero attached hydrogens (tertiary/aromatic N) is 3. The fraction of sp³-hybridized carbons (Fsp3) is 0.118. The minimum absolute atomic E-state index is 0.501. The fourth-order valence-electron chi connectivity index (χ4n) is 2.05. The molecule has 0 saturated carbocycles. The summed E-state index contributed by atoms with van der Waals surface area (Å²) in [5.41, 5.74) is 2.49. The van der Waals surface area contributed by atoms with E-state index in [1.54, 1.807) is 0 Å². The molecule has 0 aliphatic carbocycles. The molecular weight excluding hydrogens is 342 g/mol. The monoisotopic (exact) mass is 355 g/mol. The second kappa shape index (κ2) is 6.66. The Morgan fingerprint density at radius 2 is 1.64 bits per heavy atom. The van der Waals surface area contributed by atoms with Gasteiger partial charge in [-0.25, -0.2) is 0 Å². The van der Waals surface area contributed by atoms with Gasteiger partial charge in [0.15, 0.2) is 11.5 Å². The SMILES string of the molecule is CCOc1nc(-c2ccc(Br)cc2)nnc1-c1ccccc1. The van der Waals surface area contributed by atoms with Crippen molar-refractivity contribution in [2.75, 3.05) is 6.61 Å². The van der Waals surface area contributed by atoms with E-state index >= 15 is 0 Å². The van der Waals surface area contributed by atoms with Crippen molar-refractivity contribution in [1.29, 1.82) is 0 Å². The summed E-state index contributed by atoms with van der Waals surface area (Å²) >= 11 is 3.42. The van der Waals surface area contributed by atoms with Crippen LogP contribution in [0.3, 0.4) is 0 Å². The van der Waals surface area contributed by atoms with Crippen LogP contribution in [0.2, 0.25) is 0 Å². The van der Waals surface area contributed by atoms with Crippen molar-refractivity contribution in [3.05, 3.63) is 59.1 Å². The maximum atomic E-state index is 5.65. The lowest BCUT2D eigenvalue weighted by Crippen LogP contribution is -2.03. The summed E-state index contributed by atoms with van der Waals surface area (Å²) in [5.74, 6) is 1.05. The Labute approximate surface area is 137 Å². The predicted molar refractivity (Wildman–Crippen MR) is 89.6 cm³/mol. The fourth-order valence-corrected chi connectivity index (χ4v) is 2.31. The zero-order valence-electron chi connectivity index (χ0n) is 12.0. The molecule has 0 saturated heterocycles. The first-order valence-corrected chi connectivity index (χ1v) is 7.76. The summed E-state index contributed by atoms with van der Waals surface area (Å²) in [6, 6.07) is 17.6. The lowest BCUT2D eigenvalue weighted by molar-refractivity contribution is 0.326. The van der Waals surface area contributed by atoms with Gasteiger partial charge in [0.1, 0.15) is 0 Å². The average molecular weight is 356 g/mol. The van der Waals surface area contributed by atoms with Crippen LogP contribution < -0.4 is 4.74 Å². The van der Waals surface area contributed by atoms with E-state index in [4.69, 9.17) is 4.74 Å². The lowest BCUT2D eigenvalue weighted by atomic mass is 10.1. The summed E-state index contributed by atoms with van der Waals surface area (Å²) in [7, 11) is 0. The van der Waals surface area contributed by atoms with E-state index in [1.807, 2.05) is 61.5 Å². The van der Waals surface area contributed by atoms with Gasteiger partial charge in [0.25, 0.3) is 0 Å². The van der Waals surface area contributed by atoms with Crippen LogP contribution in [0.5, 0.6) is 5.88 Å². The van der Waals surface area contributed by atoms with Crippen LogP contribution in [-0.4, -0.2) is 21.8 Å². The summed E-state index contributed by atoms with van der Waals surface area (Å²) in [4.78, 5) is 4.53. The average Bonchev–Trinajstić information content (AvgIpc) is 2.57. The smallest absolute Gasteiger partial charge is 0.244 e. The number of aromatic nitrogens is 3. The van der Waals surface area contributed by atoms with E-state index in [0.717, 1.165) is 15.6 Å². The Morgan fingerprint density at radius 3 is 2.32 bits per heavy atom. The van der Waals surface area contributed by atoms with Crippen LogP contribution in [0.1, 0.15) is 6.92 Å². The molecule has 4 nitrogen and oxygen atoms in total. The molecule has 0 spiro atoms. The number of hydrogen-bond donors (Lipinski definition) is 0. The first kappa shape index (κ1) is 14.7. The van der Waals surface area contributed by atoms with Gasteiger partial charge in [0, 0.05) is 15.6 Å². The molecule has 1 aromatic heterocycles. The molecule has 0 N–H and O–H groups in total. The molecule has 0 fully saturated rings. The molecule has 3 rings (SSSR count). The van der Waals surface area contributed by atoms with Gasteiger partial charge in [0.2, 0.25) is 5.88 Å². The number of halogens is 1. The van der Waals surface area contributed by atoms with E-state index in [9.17, 15) is 0 Å². The van der Waals surface area contributed by atoms with E-state index in [0.29, 0.717) is 24.0 Å². The Hall–Kier alpha value is -2.27. The molecule has 0 aliphatic heterocycles. The number of rotatable bonds is 4. The summed E-state index contributed by atoms with van der Waals surface area (Å²) in [6.45, 7) is 2.45. The standard InChI is InChI=1S/C17H14BrN3O/c1-2-22-17-15(12-6-4-3-5-7-12)20-21-16(19-17)13-8-10-14(18)11-9-13/h3-11H,2H2,1H3. The summed E-state index contributed by atoms with van der Waals surface area (Å²) < 4.78 is 6.66. The van der Waals surface area contributed by atoms with Crippen molar-refractivity contribution < 1.29 is 4.74 Å². The van der Waals surface area contributed by atoms with E-state index in [-0.39, 0.29) is 0 Å². The molecule has 22 heavy (non-hydrogen) atoms. The largest absolute Gasteiger partial charge is 0.476 e. The minimum atomic E-state index is 0.501. The second-order valence-corrected chi connectivity index (χ2v) is 5.51. The Morgan fingerprint density at radius 1 is 0.909 bits per heavy atom. The third kappa shape index (κ3) is 3.14. The molecule has 5 heteroatoms. The molecule has 0 radical (unpaired) electrons. The zero-order valence-corrected chi connectivity index (χ0v) is 13.6. The van der Waals surface area contributed by atoms with Crippen molar-refractivity contribution >= 4 is 15.9 Å². The highest BCUT2D eigenvalue weighted by atomic mass is 79.9. The second-order valence-electron chi connectivity index (χ2n) is 4.60. The summed E-state index contributed by atoms with van der Waals surface area (Å²) in [6.07, 6.45) is 0. The topological polar surface area (TPSA) is 47.9 Å². The Kier molecular flexibility index (Phi) is 4.44. The highest BCUT2D eigenvalue weighted by molar-refractivity contribution is 9.10. The quantitative estimate of drug-likeness (QED) is 0.697. The van der Waals surface area contributed by atoms with Crippen LogP contribution in [0.4, 0.5) is 0 Å². The molecule has 0 unspecified atom stereocenters. The highest BCUT2D eigenvalue weighted by Gasteiger charge is 2.13. The lowest BCUT2D eigenvalue weighted by Gasteiger charge is -2.09. The molecule has 2 aromatic carbocycles. The van der Waals surface area contributed by atoms with Gasteiger partial charge in [-0.2, -0.15) is 4.98 Å². The molecular formula is C17H14BrN3O. The van der Waals surface area contributed by atoms with E-state index < -0.39 is 0 Å². The third-order valence-corrected chi connectivity index (χ3v) is 3.61. The number of benzene rings is 2. The molecule has 0 atom stereocenters. The first-order chi connectivity index (χ1) is 10.8. The normalized spacial score (nSPS) is 10.5. The van der Waals surface area contributed by atoms with Crippen LogP contribution in [0, 0.1) is 0 Å².